The summed E-state index contributed by atoms with van der Waals surface area (Å²) in [6, 6.07) is 10.0. The van der Waals surface area contributed by atoms with Crippen molar-refractivity contribution in [2.24, 2.45) is 0 Å². The second-order valence-electron chi connectivity index (χ2n) is 6.76. The molecule has 0 atom stereocenters. The van der Waals surface area contributed by atoms with Gasteiger partial charge in [0.15, 0.2) is 0 Å². The van der Waals surface area contributed by atoms with Crippen LogP contribution in [0.5, 0.6) is 6.01 Å². The van der Waals surface area contributed by atoms with E-state index in [1.807, 2.05) is 29.2 Å². The van der Waals surface area contributed by atoms with E-state index in [0.29, 0.717) is 32.3 Å². The third-order valence-electron chi connectivity index (χ3n) is 5.03. The number of hydrogen-bond acceptors (Lipinski definition) is 6. The number of likely N-dealkylation sites (tertiary alicyclic amines) is 1. The first kappa shape index (κ1) is 17.7. The van der Waals surface area contributed by atoms with E-state index in [1.165, 1.54) is 0 Å². The highest BCUT2D eigenvalue weighted by molar-refractivity contribution is 5.99. The zero-order valence-corrected chi connectivity index (χ0v) is 15.3. The highest BCUT2D eigenvalue weighted by Crippen LogP contribution is 2.25. The molecule has 7 nitrogen and oxygen atoms in total. The third kappa shape index (κ3) is 4.19. The Morgan fingerprint density at radius 2 is 1.70 bits per heavy atom. The number of benzene rings is 1. The molecule has 2 aliphatic heterocycles. The Morgan fingerprint density at radius 1 is 1.00 bits per heavy atom. The molecule has 0 aliphatic carbocycles. The summed E-state index contributed by atoms with van der Waals surface area (Å²) in [4.78, 5) is 25.5. The smallest absolute Gasteiger partial charge is 0.316 e. The van der Waals surface area contributed by atoms with E-state index in [9.17, 15) is 4.79 Å². The Balaban J connectivity index is 1.39. The predicted octanol–water partition coefficient (Wildman–Crippen LogP) is 2.00. The van der Waals surface area contributed by atoms with E-state index in [0.717, 1.165) is 37.2 Å². The van der Waals surface area contributed by atoms with Gasteiger partial charge in [-0.05, 0) is 18.2 Å². The number of hydrogen-bond donors (Lipinski definition) is 0. The van der Waals surface area contributed by atoms with Crippen LogP contribution in [0.4, 0.5) is 5.69 Å². The monoisotopic (exact) mass is 368 g/mol. The van der Waals surface area contributed by atoms with E-state index < -0.39 is 0 Å². The lowest BCUT2D eigenvalue weighted by Crippen LogP contribution is -2.43. The van der Waals surface area contributed by atoms with Crippen LogP contribution in [0, 0.1) is 0 Å². The van der Waals surface area contributed by atoms with Crippen molar-refractivity contribution >= 4 is 11.6 Å². The number of aromatic nitrogens is 2. The van der Waals surface area contributed by atoms with Crippen LogP contribution < -0.4 is 9.64 Å². The summed E-state index contributed by atoms with van der Waals surface area (Å²) in [5.41, 5.74) is 1.77. The molecular formula is C20H24N4O3. The van der Waals surface area contributed by atoms with Crippen molar-refractivity contribution in [3.05, 3.63) is 48.3 Å². The molecule has 2 aliphatic rings. The van der Waals surface area contributed by atoms with Crippen LogP contribution in [0.1, 0.15) is 23.2 Å². The van der Waals surface area contributed by atoms with Crippen LogP contribution in [0.3, 0.4) is 0 Å². The lowest BCUT2D eigenvalue weighted by Gasteiger charge is -2.34. The van der Waals surface area contributed by atoms with Gasteiger partial charge in [-0.2, -0.15) is 0 Å². The molecule has 0 saturated carbocycles. The summed E-state index contributed by atoms with van der Waals surface area (Å²) in [6.07, 6.45) is 4.95. The van der Waals surface area contributed by atoms with Gasteiger partial charge in [-0.15, -0.1) is 0 Å². The number of amides is 1. The second-order valence-corrected chi connectivity index (χ2v) is 6.76. The maximum Gasteiger partial charge on any atom is 0.316 e. The van der Waals surface area contributed by atoms with Gasteiger partial charge in [0.05, 0.1) is 18.8 Å². The standard InChI is InChI=1S/C20H24N4O3/c25-19(17-4-1-2-5-18(17)23-12-14-26-15-13-23)24-10-6-16(7-11-24)27-20-21-8-3-9-22-20/h1-5,8-9,16H,6-7,10-15H2. The average molecular weight is 368 g/mol. The molecule has 0 bridgehead atoms. The van der Waals surface area contributed by atoms with Gasteiger partial charge in [-0.3, -0.25) is 4.79 Å². The van der Waals surface area contributed by atoms with Crippen LogP contribution in [-0.4, -0.2) is 66.3 Å². The molecule has 2 fully saturated rings. The van der Waals surface area contributed by atoms with Gasteiger partial charge in [0.2, 0.25) is 0 Å². The number of morpholine rings is 1. The lowest BCUT2D eigenvalue weighted by atomic mass is 10.0. The molecule has 1 amide bonds. The van der Waals surface area contributed by atoms with Crippen molar-refractivity contribution in [2.45, 2.75) is 18.9 Å². The molecule has 1 aromatic heterocycles. The quantitative estimate of drug-likeness (QED) is 0.822. The molecule has 1 aromatic carbocycles. The van der Waals surface area contributed by atoms with Crippen LogP contribution in [0.15, 0.2) is 42.7 Å². The predicted molar refractivity (Wildman–Crippen MR) is 101 cm³/mol. The molecule has 27 heavy (non-hydrogen) atoms. The van der Waals surface area contributed by atoms with Gasteiger partial charge in [0.1, 0.15) is 6.10 Å². The fourth-order valence-electron chi connectivity index (χ4n) is 3.58. The molecule has 2 saturated heterocycles. The Morgan fingerprint density at radius 3 is 2.44 bits per heavy atom. The molecule has 7 heteroatoms. The number of nitrogens with zero attached hydrogens (tertiary/aromatic N) is 4. The SMILES string of the molecule is O=C(c1ccccc1N1CCOCC1)N1CCC(Oc2ncccn2)CC1. The Kier molecular flexibility index (Phi) is 5.48. The molecule has 2 aromatic rings. The molecule has 0 spiro atoms. The first-order valence-corrected chi connectivity index (χ1v) is 9.46. The zero-order valence-electron chi connectivity index (χ0n) is 15.3. The van der Waals surface area contributed by atoms with Crippen molar-refractivity contribution in [3.8, 4) is 6.01 Å². The number of carbonyl (C=O) groups is 1. The summed E-state index contributed by atoms with van der Waals surface area (Å²) in [7, 11) is 0. The average Bonchev–Trinajstić information content (AvgIpc) is 2.75. The third-order valence-corrected chi connectivity index (χ3v) is 5.03. The molecule has 0 unspecified atom stereocenters. The first-order chi connectivity index (χ1) is 13.3. The minimum atomic E-state index is 0.0472. The fourth-order valence-corrected chi connectivity index (χ4v) is 3.58. The van der Waals surface area contributed by atoms with Gasteiger partial charge in [0, 0.05) is 57.1 Å². The molecule has 0 N–H and O–H groups in total. The highest BCUT2D eigenvalue weighted by Gasteiger charge is 2.27. The maximum absolute atomic E-state index is 13.1. The summed E-state index contributed by atoms with van der Waals surface area (Å²) in [6.45, 7) is 4.38. The maximum atomic E-state index is 13.1. The lowest BCUT2D eigenvalue weighted by molar-refractivity contribution is 0.0578. The molecule has 0 radical (unpaired) electrons. The van der Waals surface area contributed by atoms with E-state index in [2.05, 4.69) is 14.9 Å². The first-order valence-electron chi connectivity index (χ1n) is 9.46. The van der Waals surface area contributed by atoms with Crippen molar-refractivity contribution < 1.29 is 14.3 Å². The Bertz CT molecular complexity index is 757. The van der Waals surface area contributed by atoms with Gasteiger partial charge >= 0.3 is 6.01 Å². The molecule has 142 valence electrons. The van der Waals surface area contributed by atoms with Crippen LogP contribution in [-0.2, 0) is 4.74 Å². The van der Waals surface area contributed by atoms with Crippen molar-refractivity contribution in [2.75, 3.05) is 44.3 Å². The number of rotatable bonds is 4. The summed E-state index contributed by atoms with van der Waals surface area (Å²) < 4.78 is 11.3. The van der Waals surface area contributed by atoms with Crippen molar-refractivity contribution in [3.63, 3.8) is 0 Å². The zero-order chi connectivity index (χ0) is 18.5. The molecular weight excluding hydrogens is 344 g/mol. The van der Waals surface area contributed by atoms with Crippen LogP contribution in [0.25, 0.3) is 0 Å². The number of piperidine rings is 1. The largest absolute Gasteiger partial charge is 0.460 e. The molecule has 4 rings (SSSR count). The topological polar surface area (TPSA) is 67.8 Å². The second kappa shape index (κ2) is 8.35. The summed E-state index contributed by atoms with van der Waals surface area (Å²) in [5, 5.41) is 0. The van der Waals surface area contributed by atoms with Gasteiger partial charge < -0.3 is 19.3 Å². The van der Waals surface area contributed by atoms with Gasteiger partial charge in [-0.25, -0.2) is 9.97 Å². The van der Waals surface area contributed by atoms with E-state index in [-0.39, 0.29) is 12.0 Å². The van der Waals surface area contributed by atoms with Gasteiger partial charge in [-0.1, -0.05) is 12.1 Å². The fraction of sp³-hybridized carbons (Fsp3) is 0.450. The number of para-hydroxylation sites is 1. The van der Waals surface area contributed by atoms with E-state index >= 15 is 0 Å². The molecule has 3 heterocycles. The Labute approximate surface area is 158 Å². The Hall–Kier alpha value is -2.67. The van der Waals surface area contributed by atoms with Crippen LogP contribution >= 0.6 is 0 Å². The van der Waals surface area contributed by atoms with Crippen molar-refractivity contribution in [1.82, 2.24) is 14.9 Å². The summed E-state index contributed by atoms with van der Waals surface area (Å²) in [5.74, 6) is 0.0894. The van der Waals surface area contributed by atoms with Crippen LogP contribution in [0.2, 0.25) is 0 Å². The number of carbonyl (C=O) groups excluding carboxylic acids is 1. The minimum absolute atomic E-state index is 0.0472. The number of anilines is 1. The highest BCUT2D eigenvalue weighted by atomic mass is 16.5. The normalized spacial score (nSPS) is 18.4. The summed E-state index contributed by atoms with van der Waals surface area (Å²) >= 11 is 0. The van der Waals surface area contributed by atoms with E-state index in [1.54, 1.807) is 18.5 Å². The van der Waals surface area contributed by atoms with Crippen molar-refractivity contribution in [1.29, 1.82) is 0 Å². The van der Waals surface area contributed by atoms with Gasteiger partial charge in [0.25, 0.3) is 5.91 Å². The number of ether oxygens (including phenoxy) is 2. The van der Waals surface area contributed by atoms with E-state index in [4.69, 9.17) is 9.47 Å². The minimum Gasteiger partial charge on any atom is -0.460 e.